The van der Waals surface area contributed by atoms with Crippen molar-refractivity contribution < 1.29 is 9.53 Å². The molecule has 1 fully saturated rings. The number of hydrogen-bond acceptors (Lipinski definition) is 2. The van der Waals surface area contributed by atoms with Gasteiger partial charge in [-0.15, -0.1) is 0 Å². The smallest absolute Gasteiger partial charge is 0.223 e. The monoisotopic (exact) mass is 275 g/mol. The Morgan fingerprint density at radius 3 is 2.80 bits per heavy atom. The number of amides is 1. The average Bonchev–Trinajstić information content (AvgIpc) is 3.31. The van der Waals surface area contributed by atoms with Gasteiger partial charge in [-0.3, -0.25) is 4.79 Å². The Labute approximate surface area is 121 Å². The van der Waals surface area contributed by atoms with E-state index in [0.717, 1.165) is 31.6 Å². The van der Waals surface area contributed by atoms with Gasteiger partial charge in [0.2, 0.25) is 5.91 Å². The predicted molar refractivity (Wildman–Crippen MR) is 80.8 cm³/mol. The Balaban J connectivity index is 1.62. The zero-order chi connectivity index (χ0) is 14.4. The molecule has 1 aromatic carbocycles. The standard InChI is InChI=1S/C17H25NO2/c1-13(14-10-11-14)17(19)18-12-6-5-8-15-7-3-4-9-16(15)20-2/h3-4,7,9,13-14H,5-6,8,10-12H2,1-2H3,(H,18,19). The summed E-state index contributed by atoms with van der Waals surface area (Å²) < 4.78 is 5.34. The third-order valence-electron chi connectivity index (χ3n) is 4.11. The molecular formula is C17H25NO2. The highest BCUT2D eigenvalue weighted by Crippen LogP contribution is 2.36. The van der Waals surface area contributed by atoms with Crippen LogP contribution < -0.4 is 10.1 Å². The second-order valence-corrected chi connectivity index (χ2v) is 5.69. The third kappa shape index (κ3) is 4.26. The third-order valence-corrected chi connectivity index (χ3v) is 4.11. The van der Waals surface area contributed by atoms with Crippen molar-refractivity contribution in [2.45, 2.75) is 39.0 Å². The lowest BCUT2D eigenvalue weighted by atomic mass is 10.1. The minimum atomic E-state index is 0.198. The van der Waals surface area contributed by atoms with Crippen LogP contribution in [-0.4, -0.2) is 19.6 Å². The van der Waals surface area contributed by atoms with E-state index < -0.39 is 0 Å². The summed E-state index contributed by atoms with van der Waals surface area (Å²) in [4.78, 5) is 11.8. The molecule has 1 aliphatic carbocycles. The molecule has 0 aromatic heterocycles. The predicted octanol–water partition coefficient (Wildman–Crippen LogP) is 3.18. The number of para-hydroxylation sites is 1. The van der Waals surface area contributed by atoms with Gasteiger partial charge in [-0.05, 0) is 49.7 Å². The van der Waals surface area contributed by atoms with Gasteiger partial charge in [-0.25, -0.2) is 0 Å². The molecule has 3 nitrogen and oxygen atoms in total. The fraction of sp³-hybridized carbons (Fsp3) is 0.588. The first-order valence-corrected chi connectivity index (χ1v) is 7.62. The maximum absolute atomic E-state index is 11.8. The summed E-state index contributed by atoms with van der Waals surface area (Å²) in [6.07, 6.45) is 5.53. The number of carbonyl (C=O) groups excluding carboxylic acids is 1. The quantitative estimate of drug-likeness (QED) is 0.740. The lowest BCUT2D eigenvalue weighted by Crippen LogP contribution is -2.31. The molecule has 0 saturated heterocycles. The number of rotatable bonds is 8. The molecule has 2 rings (SSSR count). The normalized spacial score (nSPS) is 15.7. The number of ether oxygens (including phenoxy) is 1. The molecule has 0 radical (unpaired) electrons. The van der Waals surface area contributed by atoms with Crippen LogP contribution in [0.2, 0.25) is 0 Å². The van der Waals surface area contributed by atoms with Gasteiger partial charge in [0.15, 0.2) is 0 Å². The molecule has 1 unspecified atom stereocenters. The molecular weight excluding hydrogens is 250 g/mol. The van der Waals surface area contributed by atoms with Gasteiger partial charge in [-0.2, -0.15) is 0 Å². The molecule has 1 N–H and O–H groups in total. The zero-order valence-electron chi connectivity index (χ0n) is 12.5. The van der Waals surface area contributed by atoms with Crippen molar-refractivity contribution in [3.8, 4) is 5.75 Å². The summed E-state index contributed by atoms with van der Waals surface area (Å²) in [7, 11) is 1.71. The van der Waals surface area contributed by atoms with Crippen molar-refractivity contribution in [2.24, 2.45) is 11.8 Å². The van der Waals surface area contributed by atoms with E-state index in [2.05, 4.69) is 11.4 Å². The SMILES string of the molecule is COc1ccccc1CCCCNC(=O)C(C)C1CC1. The summed E-state index contributed by atoms with van der Waals surface area (Å²) >= 11 is 0. The van der Waals surface area contributed by atoms with E-state index in [1.165, 1.54) is 18.4 Å². The van der Waals surface area contributed by atoms with E-state index in [0.29, 0.717) is 5.92 Å². The Morgan fingerprint density at radius 2 is 2.10 bits per heavy atom. The molecule has 1 atom stereocenters. The molecule has 0 aliphatic heterocycles. The number of benzene rings is 1. The van der Waals surface area contributed by atoms with Gasteiger partial charge in [-0.1, -0.05) is 25.1 Å². The van der Waals surface area contributed by atoms with Crippen molar-refractivity contribution in [2.75, 3.05) is 13.7 Å². The lowest BCUT2D eigenvalue weighted by molar-refractivity contribution is -0.125. The second-order valence-electron chi connectivity index (χ2n) is 5.69. The highest BCUT2D eigenvalue weighted by molar-refractivity contribution is 5.78. The number of methoxy groups -OCH3 is 1. The van der Waals surface area contributed by atoms with Crippen LogP contribution in [-0.2, 0) is 11.2 Å². The largest absolute Gasteiger partial charge is 0.496 e. The molecule has 0 spiro atoms. The Hall–Kier alpha value is -1.51. The molecule has 1 saturated carbocycles. The maximum Gasteiger partial charge on any atom is 0.223 e. The van der Waals surface area contributed by atoms with Crippen molar-refractivity contribution >= 4 is 5.91 Å². The number of nitrogens with one attached hydrogen (secondary N) is 1. The Bertz CT molecular complexity index is 440. The van der Waals surface area contributed by atoms with E-state index in [-0.39, 0.29) is 11.8 Å². The minimum absolute atomic E-state index is 0.198. The minimum Gasteiger partial charge on any atom is -0.496 e. The van der Waals surface area contributed by atoms with Crippen LogP contribution >= 0.6 is 0 Å². The lowest BCUT2D eigenvalue weighted by Gasteiger charge is -2.11. The molecule has 3 heteroatoms. The van der Waals surface area contributed by atoms with Gasteiger partial charge >= 0.3 is 0 Å². The Morgan fingerprint density at radius 1 is 1.35 bits per heavy atom. The van der Waals surface area contributed by atoms with Gasteiger partial charge in [0.05, 0.1) is 7.11 Å². The van der Waals surface area contributed by atoms with E-state index in [9.17, 15) is 4.79 Å². The van der Waals surface area contributed by atoms with Crippen molar-refractivity contribution in [3.63, 3.8) is 0 Å². The van der Waals surface area contributed by atoms with Crippen LogP contribution in [0.3, 0.4) is 0 Å². The Kier molecular flexibility index (Phi) is 5.45. The molecule has 1 amide bonds. The highest BCUT2D eigenvalue weighted by Gasteiger charge is 2.32. The fourth-order valence-corrected chi connectivity index (χ4v) is 2.53. The number of hydrogen-bond donors (Lipinski definition) is 1. The van der Waals surface area contributed by atoms with E-state index in [1.54, 1.807) is 7.11 Å². The summed E-state index contributed by atoms with van der Waals surface area (Å²) in [6.45, 7) is 2.83. The van der Waals surface area contributed by atoms with Crippen molar-refractivity contribution in [1.82, 2.24) is 5.32 Å². The van der Waals surface area contributed by atoms with Crippen LogP contribution in [0.5, 0.6) is 5.75 Å². The molecule has 0 heterocycles. The summed E-state index contributed by atoms with van der Waals surface area (Å²) in [6, 6.07) is 8.12. The van der Waals surface area contributed by atoms with Crippen LogP contribution in [0.25, 0.3) is 0 Å². The van der Waals surface area contributed by atoms with Gasteiger partial charge in [0.25, 0.3) is 0 Å². The molecule has 110 valence electrons. The zero-order valence-corrected chi connectivity index (χ0v) is 12.5. The number of carbonyl (C=O) groups is 1. The molecule has 20 heavy (non-hydrogen) atoms. The molecule has 1 aliphatic rings. The van der Waals surface area contributed by atoms with Crippen LogP contribution in [0.1, 0.15) is 38.2 Å². The molecule has 1 aromatic rings. The van der Waals surface area contributed by atoms with Crippen LogP contribution in [0.4, 0.5) is 0 Å². The van der Waals surface area contributed by atoms with Gasteiger partial charge in [0, 0.05) is 12.5 Å². The van der Waals surface area contributed by atoms with Gasteiger partial charge < -0.3 is 10.1 Å². The first-order chi connectivity index (χ1) is 9.72. The highest BCUT2D eigenvalue weighted by atomic mass is 16.5. The van der Waals surface area contributed by atoms with E-state index in [4.69, 9.17) is 4.74 Å². The average molecular weight is 275 g/mol. The second kappa shape index (κ2) is 7.32. The number of unbranched alkanes of at least 4 members (excludes halogenated alkanes) is 1. The van der Waals surface area contributed by atoms with Crippen LogP contribution in [0, 0.1) is 11.8 Å². The van der Waals surface area contributed by atoms with Gasteiger partial charge in [0.1, 0.15) is 5.75 Å². The maximum atomic E-state index is 11.8. The number of aryl methyl sites for hydroxylation is 1. The topological polar surface area (TPSA) is 38.3 Å². The summed E-state index contributed by atoms with van der Waals surface area (Å²) in [5.74, 6) is 2.02. The molecule has 0 bridgehead atoms. The van der Waals surface area contributed by atoms with E-state index in [1.807, 2.05) is 25.1 Å². The van der Waals surface area contributed by atoms with Crippen molar-refractivity contribution in [1.29, 1.82) is 0 Å². The van der Waals surface area contributed by atoms with Crippen LogP contribution in [0.15, 0.2) is 24.3 Å². The van der Waals surface area contributed by atoms with Crippen molar-refractivity contribution in [3.05, 3.63) is 29.8 Å². The fourth-order valence-electron chi connectivity index (χ4n) is 2.53. The summed E-state index contributed by atoms with van der Waals surface area (Å²) in [5.41, 5.74) is 1.24. The summed E-state index contributed by atoms with van der Waals surface area (Å²) in [5, 5.41) is 3.05. The first kappa shape index (κ1) is 14.9. The van der Waals surface area contributed by atoms with E-state index >= 15 is 0 Å². The first-order valence-electron chi connectivity index (χ1n) is 7.62.